The predicted molar refractivity (Wildman–Crippen MR) is 68.8 cm³/mol. The Morgan fingerprint density at radius 3 is 2.81 bits per heavy atom. The lowest BCUT2D eigenvalue weighted by Crippen LogP contribution is -2.22. The van der Waals surface area contributed by atoms with Gasteiger partial charge in [0, 0.05) is 6.04 Å². The van der Waals surface area contributed by atoms with Gasteiger partial charge in [0.25, 0.3) is 0 Å². The van der Waals surface area contributed by atoms with Crippen LogP contribution in [0.4, 0.5) is 0 Å². The summed E-state index contributed by atoms with van der Waals surface area (Å²) < 4.78 is 5.19. The van der Waals surface area contributed by atoms with E-state index in [9.17, 15) is 0 Å². The molecule has 1 aromatic rings. The first-order valence-corrected chi connectivity index (χ1v) is 6.14. The fourth-order valence-electron chi connectivity index (χ4n) is 1.86. The zero-order valence-electron chi connectivity index (χ0n) is 10.4. The Labute approximate surface area is 98.8 Å². The average Bonchev–Trinajstić information content (AvgIpc) is 2.29. The Kier molecular flexibility index (Phi) is 5.94. The van der Waals surface area contributed by atoms with Crippen molar-refractivity contribution >= 4 is 0 Å². The zero-order chi connectivity index (χ0) is 11.8. The molecule has 0 aliphatic rings. The highest BCUT2D eigenvalue weighted by atomic mass is 16.5. The molecule has 90 valence electrons. The molecule has 0 saturated carbocycles. The average molecular weight is 221 g/mol. The normalized spacial score (nSPS) is 12.4. The molecule has 1 unspecified atom stereocenters. The van der Waals surface area contributed by atoms with Gasteiger partial charge >= 0.3 is 0 Å². The standard InChI is InChI=1S/C14H23NO/c1-3-4-5-8-13(15)10-12-7-6-9-14(11-12)16-2/h6-7,9,11,13H,3-5,8,10,15H2,1-2H3. The largest absolute Gasteiger partial charge is 0.497 e. The molecule has 2 nitrogen and oxygen atoms in total. The number of benzene rings is 1. The van der Waals surface area contributed by atoms with E-state index in [1.807, 2.05) is 12.1 Å². The minimum Gasteiger partial charge on any atom is -0.497 e. The maximum atomic E-state index is 6.10. The summed E-state index contributed by atoms with van der Waals surface area (Å²) in [6.07, 6.45) is 5.84. The Bertz CT molecular complexity index is 299. The molecule has 2 heteroatoms. The maximum absolute atomic E-state index is 6.10. The topological polar surface area (TPSA) is 35.2 Å². The van der Waals surface area contributed by atoms with E-state index in [4.69, 9.17) is 10.5 Å². The first-order chi connectivity index (χ1) is 7.76. The molecule has 0 bridgehead atoms. The van der Waals surface area contributed by atoms with Gasteiger partial charge in [-0.3, -0.25) is 0 Å². The van der Waals surface area contributed by atoms with Gasteiger partial charge in [-0.1, -0.05) is 38.3 Å². The number of hydrogen-bond acceptors (Lipinski definition) is 2. The van der Waals surface area contributed by atoms with Crippen molar-refractivity contribution in [2.75, 3.05) is 7.11 Å². The van der Waals surface area contributed by atoms with Crippen LogP contribution in [0.1, 0.15) is 38.2 Å². The van der Waals surface area contributed by atoms with E-state index >= 15 is 0 Å². The molecule has 1 aromatic carbocycles. The minimum atomic E-state index is 0.277. The molecule has 0 radical (unpaired) electrons. The van der Waals surface area contributed by atoms with Gasteiger partial charge in [-0.2, -0.15) is 0 Å². The molecule has 1 rings (SSSR count). The molecule has 2 N–H and O–H groups in total. The molecule has 0 aliphatic carbocycles. The minimum absolute atomic E-state index is 0.277. The van der Waals surface area contributed by atoms with Crippen LogP contribution in [0.15, 0.2) is 24.3 Å². The van der Waals surface area contributed by atoms with Crippen LogP contribution in [0.5, 0.6) is 5.75 Å². The number of hydrogen-bond donors (Lipinski definition) is 1. The summed E-state index contributed by atoms with van der Waals surface area (Å²) in [5.41, 5.74) is 7.36. The second kappa shape index (κ2) is 7.29. The number of ether oxygens (including phenoxy) is 1. The highest BCUT2D eigenvalue weighted by Gasteiger charge is 2.04. The summed E-state index contributed by atoms with van der Waals surface area (Å²) in [6.45, 7) is 2.22. The van der Waals surface area contributed by atoms with Crippen molar-refractivity contribution in [3.63, 3.8) is 0 Å². The van der Waals surface area contributed by atoms with Crippen molar-refractivity contribution in [3.8, 4) is 5.75 Å². The highest BCUT2D eigenvalue weighted by molar-refractivity contribution is 5.28. The monoisotopic (exact) mass is 221 g/mol. The van der Waals surface area contributed by atoms with Crippen molar-refractivity contribution in [1.82, 2.24) is 0 Å². The van der Waals surface area contributed by atoms with Gasteiger partial charge in [0.2, 0.25) is 0 Å². The van der Waals surface area contributed by atoms with Crippen LogP contribution in [0.25, 0.3) is 0 Å². The van der Waals surface area contributed by atoms with Gasteiger partial charge < -0.3 is 10.5 Å². The summed E-state index contributed by atoms with van der Waals surface area (Å²) in [4.78, 5) is 0. The number of nitrogens with two attached hydrogens (primary N) is 1. The molecular formula is C14H23NO. The molecule has 0 heterocycles. The summed E-state index contributed by atoms with van der Waals surface area (Å²) in [6, 6.07) is 8.44. The summed E-state index contributed by atoms with van der Waals surface area (Å²) in [7, 11) is 1.69. The number of rotatable bonds is 7. The Hall–Kier alpha value is -1.02. The van der Waals surface area contributed by atoms with Gasteiger partial charge in [0.15, 0.2) is 0 Å². The van der Waals surface area contributed by atoms with Gasteiger partial charge in [0.05, 0.1) is 7.11 Å². The highest BCUT2D eigenvalue weighted by Crippen LogP contribution is 2.15. The van der Waals surface area contributed by atoms with Crippen LogP contribution in [0, 0.1) is 0 Å². The second-order valence-corrected chi connectivity index (χ2v) is 4.31. The van der Waals surface area contributed by atoms with Crippen LogP contribution in [-0.2, 0) is 6.42 Å². The molecule has 0 amide bonds. The third-order valence-electron chi connectivity index (χ3n) is 2.81. The molecule has 1 atom stereocenters. The third kappa shape index (κ3) is 4.67. The van der Waals surface area contributed by atoms with E-state index in [1.54, 1.807) is 7.11 Å². The van der Waals surface area contributed by atoms with Crippen molar-refractivity contribution in [2.45, 2.75) is 45.1 Å². The first kappa shape index (κ1) is 13.0. The third-order valence-corrected chi connectivity index (χ3v) is 2.81. The predicted octanol–water partition coefficient (Wildman–Crippen LogP) is 3.15. The Morgan fingerprint density at radius 1 is 1.31 bits per heavy atom. The maximum Gasteiger partial charge on any atom is 0.119 e. The van der Waals surface area contributed by atoms with E-state index in [0.29, 0.717) is 0 Å². The van der Waals surface area contributed by atoms with Crippen molar-refractivity contribution < 1.29 is 4.74 Å². The summed E-state index contributed by atoms with van der Waals surface area (Å²) in [5, 5.41) is 0. The molecule has 0 aromatic heterocycles. The van der Waals surface area contributed by atoms with E-state index in [1.165, 1.54) is 24.8 Å². The van der Waals surface area contributed by atoms with Crippen LogP contribution in [0.2, 0.25) is 0 Å². The Balaban J connectivity index is 2.39. The van der Waals surface area contributed by atoms with E-state index in [0.717, 1.165) is 18.6 Å². The molecule has 0 spiro atoms. The fourth-order valence-corrected chi connectivity index (χ4v) is 1.86. The molecule has 16 heavy (non-hydrogen) atoms. The fraction of sp³-hybridized carbons (Fsp3) is 0.571. The van der Waals surface area contributed by atoms with Crippen LogP contribution >= 0.6 is 0 Å². The van der Waals surface area contributed by atoms with Crippen LogP contribution in [-0.4, -0.2) is 13.2 Å². The van der Waals surface area contributed by atoms with Crippen molar-refractivity contribution in [1.29, 1.82) is 0 Å². The van der Waals surface area contributed by atoms with Gasteiger partial charge in [-0.05, 0) is 30.5 Å². The number of unbranched alkanes of at least 4 members (excludes halogenated alkanes) is 2. The van der Waals surface area contributed by atoms with Gasteiger partial charge in [-0.15, -0.1) is 0 Å². The first-order valence-electron chi connectivity index (χ1n) is 6.14. The lowest BCUT2D eigenvalue weighted by atomic mass is 10.0. The van der Waals surface area contributed by atoms with Gasteiger partial charge in [0.1, 0.15) is 5.75 Å². The van der Waals surface area contributed by atoms with Crippen molar-refractivity contribution in [3.05, 3.63) is 29.8 Å². The van der Waals surface area contributed by atoms with E-state index < -0.39 is 0 Å². The molecule has 0 saturated heterocycles. The lowest BCUT2D eigenvalue weighted by Gasteiger charge is -2.11. The second-order valence-electron chi connectivity index (χ2n) is 4.31. The van der Waals surface area contributed by atoms with Gasteiger partial charge in [-0.25, -0.2) is 0 Å². The quantitative estimate of drug-likeness (QED) is 0.718. The van der Waals surface area contributed by atoms with E-state index in [-0.39, 0.29) is 6.04 Å². The van der Waals surface area contributed by atoms with Crippen LogP contribution < -0.4 is 10.5 Å². The van der Waals surface area contributed by atoms with E-state index in [2.05, 4.69) is 19.1 Å². The summed E-state index contributed by atoms with van der Waals surface area (Å²) >= 11 is 0. The number of methoxy groups -OCH3 is 1. The molecule has 0 aliphatic heterocycles. The SMILES string of the molecule is CCCCCC(N)Cc1cccc(OC)c1. The Morgan fingerprint density at radius 2 is 2.12 bits per heavy atom. The lowest BCUT2D eigenvalue weighted by molar-refractivity contribution is 0.414. The zero-order valence-corrected chi connectivity index (χ0v) is 10.4. The van der Waals surface area contributed by atoms with Crippen molar-refractivity contribution in [2.24, 2.45) is 5.73 Å². The summed E-state index contributed by atoms with van der Waals surface area (Å²) in [5.74, 6) is 0.915. The molecular weight excluding hydrogens is 198 g/mol. The smallest absolute Gasteiger partial charge is 0.119 e. The molecule has 0 fully saturated rings. The van der Waals surface area contributed by atoms with Crippen LogP contribution in [0.3, 0.4) is 0 Å².